The molecule has 1 aromatic carbocycles. The summed E-state index contributed by atoms with van der Waals surface area (Å²) in [5, 5.41) is 7.29. The fourth-order valence-corrected chi connectivity index (χ4v) is 3.31. The van der Waals surface area contributed by atoms with Crippen LogP contribution in [0.2, 0.25) is 0 Å². The summed E-state index contributed by atoms with van der Waals surface area (Å²) < 4.78 is 42.4. The van der Waals surface area contributed by atoms with Gasteiger partial charge < -0.3 is 11.1 Å². The maximum atomic E-state index is 14.2. The number of alkyl halides is 2. The van der Waals surface area contributed by atoms with Gasteiger partial charge >= 0.3 is 0 Å². The molecule has 0 unspecified atom stereocenters. The topological polar surface area (TPSA) is 55.9 Å². The minimum atomic E-state index is -2.56. The third-order valence-corrected chi connectivity index (χ3v) is 4.78. The molecule has 0 spiro atoms. The van der Waals surface area contributed by atoms with Crippen LogP contribution >= 0.6 is 0 Å². The van der Waals surface area contributed by atoms with E-state index in [2.05, 4.69) is 29.8 Å². The Morgan fingerprint density at radius 3 is 2.54 bits per heavy atom. The molecule has 4 nitrogen and oxygen atoms in total. The van der Waals surface area contributed by atoms with E-state index in [0.29, 0.717) is 36.1 Å². The number of rotatable bonds is 5. The zero-order valence-corrected chi connectivity index (χ0v) is 15.9. The van der Waals surface area contributed by atoms with Crippen LogP contribution in [0.25, 0.3) is 11.1 Å². The minimum absolute atomic E-state index is 0.0327. The van der Waals surface area contributed by atoms with Crippen LogP contribution in [0.4, 0.5) is 18.9 Å². The molecule has 3 rings (SSSR count). The number of nitrogen functional groups attached to an aromatic ring is 1. The van der Waals surface area contributed by atoms with Crippen molar-refractivity contribution in [3.05, 3.63) is 48.2 Å². The Morgan fingerprint density at radius 2 is 1.96 bits per heavy atom. The summed E-state index contributed by atoms with van der Waals surface area (Å²) in [6.07, 6.45) is 12.3. The van der Waals surface area contributed by atoms with Gasteiger partial charge in [0, 0.05) is 49.8 Å². The largest absolute Gasteiger partial charge is 0.396 e. The average molecular weight is 390 g/mol. The lowest BCUT2D eigenvalue weighted by Crippen LogP contribution is -2.36. The first-order chi connectivity index (χ1) is 13.2. The first-order valence-electron chi connectivity index (χ1n) is 8.96. The standard InChI is InChI=1S/C19H23F3N4.C2H2/c1-12(25-16-3-5-19(21,22)6-4-16)7-14-8-13(9-17(20)18(14)23)15-10-24-26(2)11-15;1-2/h8-11,16,25H,1,3-7,23H2,2H3;1-2H. The van der Waals surface area contributed by atoms with Crippen LogP contribution in [0.5, 0.6) is 0 Å². The highest BCUT2D eigenvalue weighted by Gasteiger charge is 2.34. The van der Waals surface area contributed by atoms with Gasteiger partial charge in [-0.3, -0.25) is 4.68 Å². The van der Waals surface area contributed by atoms with Crippen LogP contribution in [0.1, 0.15) is 31.2 Å². The van der Waals surface area contributed by atoms with E-state index >= 15 is 0 Å². The fraction of sp³-hybridized carbons (Fsp3) is 0.381. The molecule has 0 amide bonds. The molecule has 1 aromatic heterocycles. The Labute approximate surface area is 163 Å². The molecule has 2 aromatic rings. The van der Waals surface area contributed by atoms with E-state index < -0.39 is 11.7 Å². The summed E-state index contributed by atoms with van der Waals surface area (Å²) in [6, 6.07) is 3.17. The Bertz CT molecular complexity index is 845. The molecule has 0 aliphatic heterocycles. The monoisotopic (exact) mass is 390 g/mol. The van der Waals surface area contributed by atoms with E-state index in [-0.39, 0.29) is 24.6 Å². The molecule has 7 heteroatoms. The van der Waals surface area contributed by atoms with Crippen molar-refractivity contribution < 1.29 is 13.2 Å². The number of hydrogen-bond acceptors (Lipinski definition) is 3. The van der Waals surface area contributed by atoms with Crippen molar-refractivity contribution in [1.82, 2.24) is 15.1 Å². The fourth-order valence-electron chi connectivity index (χ4n) is 3.31. The van der Waals surface area contributed by atoms with Crippen molar-refractivity contribution in [3.8, 4) is 24.0 Å². The first kappa shape index (κ1) is 21.4. The van der Waals surface area contributed by atoms with E-state index in [1.54, 1.807) is 24.1 Å². The second-order valence-corrected chi connectivity index (χ2v) is 6.99. The lowest BCUT2D eigenvalue weighted by atomic mass is 9.92. The predicted octanol–water partition coefficient (Wildman–Crippen LogP) is 4.28. The number of aryl methyl sites for hydroxylation is 1. The lowest BCUT2D eigenvalue weighted by molar-refractivity contribution is -0.0397. The second kappa shape index (κ2) is 8.87. The van der Waals surface area contributed by atoms with Crippen molar-refractivity contribution in [2.24, 2.45) is 7.05 Å². The van der Waals surface area contributed by atoms with Crippen molar-refractivity contribution in [2.45, 2.75) is 44.1 Å². The number of aromatic nitrogens is 2. The van der Waals surface area contributed by atoms with Crippen LogP contribution in [0.15, 0.2) is 36.8 Å². The highest BCUT2D eigenvalue weighted by molar-refractivity contribution is 5.67. The van der Waals surface area contributed by atoms with Crippen LogP contribution in [-0.4, -0.2) is 21.7 Å². The number of allylic oxidation sites excluding steroid dienone is 1. The Morgan fingerprint density at radius 1 is 1.32 bits per heavy atom. The van der Waals surface area contributed by atoms with E-state index in [4.69, 9.17) is 5.73 Å². The average Bonchev–Trinajstić information content (AvgIpc) is 3.09. The van der Waals surface area contributed by atoms with Crippen molar-refractivity contribution in [2.75, 3.05) is 5.73 Å². The molecule has 3 N–H and O–H groups in total. The molecule has 150 valence electrons. The number of anilines is 1. The van der Waals surface area contributed by atoms with E-state index in [0.717, 1.165) is 5.56 Å². The van der Waals surface area contributed by atoms with Gasteiger partial charge in [0.2, 0.25) is 5.92 Å². The number of hydrogen-bond donors (Lipinski definition) is 2. The van der Waals surface area contributed by atoms with Crippen LogP contribution in [0, 0.1) is 18.7 Å². The molecule has 0 radical (unpaired) electrons. The molecule has 1 aliphatic rings. The molecule has 28 heavy (non-hydrogen) atoms. The van der Waals surface area contributed by atoms with Crippen molar-refractivity contribution in [1.29, 1.82) is 0 Å². The highest BCUT2D eigenvalue weighted by atomic mass is 19.3. The molecular weight excluding hydrogens is 365 g/mol. The number of nitrogens with one attached hydrogen (secondary N) is 1. The van der Waals surface area contributed by atoms with Crippen LogP contribution in [-0.2, 0) is 13.5 Å². The van der Waals surface area contributed by atoms with E-state index in [1.807, 2.05) is 6.07 Å². The molecule has 0 atom stereocenters. The van der Waals surface area contributed by atoms with Crippen LogP contribution in [0.3, 0.4) is 0 Å². The van der Waals surface area contributed by atoms with E-state index in [9.17, 15) is 13.2 Å². The Kier molecular flexibility index (Phi) is 6.79. The smallest absolute Gasteiger partial charge is 0.248 e. The van der Waals surface area contributed by atoms with Gasteiger partial charge in [-0.2, -0.15) is 5.10 Å². The molecule has 1 fully saturated rings. The number of nitrogens with zero attached hydrogens (tertiary/aromatic N) is 2. The molecule has 1 saturated carbocycles. The molecular formula is C21H25F3N4. The lowest BCUT2D eigenvalue weighted by Gasteiger charge is -2.30. The normalized spacial score (nSPS) is 16.1. The van der Waals surface area contributed by atoms with E-state index in [1.165, 1.54) is 6.07 Å². The third-order valence-electron chi connectivity index (χ3n) is 4.78. The summed E-state index contributed by atoms with van der Waals surface area (Å²) in [4.78, 5) is 0. The van der Waals surface area contributed by atoms with Gasteiger partial charge in [-0.25, -0.2) is 13.2 Å². The van der Waals surface area contributed by atoms with Crippen molar-refractivity contribution in [3.63, 3.8) is 0 Å². The number of benzene rings is 1. The first-order valence-corrected chi connectivity index (χ1v) is 8.96. The second-order valence-electron chi connectivity index (χ2n) is 6.99. The van der Waals surface area contributed by atoms with Gasteiger partial charge in [-0.1, -0.05) is 6.58 Å². The molecule has 1 aliphatic carbocycles. The summed E-state index contributed by atoms with van der Waals surface area (Å²) in [5.41, 5.74) is 8.71. The summed E-state index contributed by atoms with van der Waals surface area (Å²) in [7, 11) is 1.79. The quantitative estimate of drug-likeness (QED) is 0.592. The van der Waals surface area contributed by atoms with Gasteiger partial charge in [0.05, 0.1) is 11.9 Å². The molecule has 0 bridgehead atoms. The Hall–Kier alpha value is -2.88. The maximum absolute atomic E-state index is 14.2. The predicted molar refractivity (Wildman–Crippen MR) is 106 cm³/mol. The molecule has 1 heterocycles. The van der Waals surface area contributed by atoms with Gasteiger partial charge in [0.15, 0.2) is 0 Å². The number of terminal acetylenes is 1. The molecule has 0 saturated heterocycles. The van der Waals surface area contributed by atoms with Gasteiger partial charge in [-0.15, -0.1) is 12.8 Å². The van der Waals surface area contributed by atoms with Gasteiger partial charge in [-0.05, 0) is 36.1 Å². The highest BCUT2D eigenvalue weighted by Crippen LogP contribution is 2.33. The summed E-state index contributed by atoms with van der Waals surface area (Å²) in [5.74, 6) is -3.06. The third kappa shape index (κ3) is 5.32. The van der Waals surface area contributed by atoms with Crippen LogP contribution < -0.4 is 11.1 Å². The SMILES string of the molecule is C#C.C=C(Cc1cc(-c2cnn(C)c2)cc(F)c1N)NC1CCC(F)(F)CC1. The zero-order valence-electron chi connectivity index (χ0n) is 15.9. The van der Waals surface area contributed by atoms with Crippen molar-refractivity contribution >= 4 is 5.69 Å². The summed E-state index contributed by atoms with van der Waals surface area (Å²) in [6.45, 7) is 3.96. The zero-order chi connectivity index (χ0) is 20.9. The number of nitrogens with two attached hydrogens (primary N) is 1. The minimum Gasteiger partial charge on any atom is -0.396 e. The van der Waals surface area contributed by atoms with Gasteiger partial charge in [0.25, 0.3) is 0 Å². The summed E-state index contributed by atoms with van der Waals surface area (Å²) >= 11 is 0. The Balaban J connectivity index is 0.00000136. The maximum Gasteiger partial charge on any atom is 0.248 e. The number of halogens is 3. The van der Waals surface area contributed by atoms with Gasteiger partial charge in [0.1, 0.15) is 5.82 Å².